The Bertz CT molecular complexity index is 82.5. The van der Waals surface area contributed by atoms with Gasteiger partial charge in [0.1, 0.15) is 0 Å². The normalized spacial score (nSPS) is 17.9. The van der Waals surface area contributed by atoms with Crippen molar-refractivity contribution in [3.63, 3.8) is 0 Å². The van der Waals surface area contributed by atoms with E-state index >= 15 is 0 Å². The molecule has 0 heterocycles. The topological polar surface area (TPSA) is 26.3 Å². The molecule has 0 aromatic heterocycles. The van der Waals surface area contributed by atoms with Crippen LogP contribution in [0.3, 0.4) is 0 Å². The molecule has 8 heavy (non-hydrogen) atoms. The standard InChI is InChI=1S/C5H12O2S/c1-4-5(2)7-8(3)6/h5H,4H2,1-3H3. The highest BCUT2D eigenvalue weighted by molar-refractivity contribution is 7.79. The lowest BCUT2D eigenvalue weighted by molar-refractivity contribution is 0.244. The molecule has 0 fully saturated rings. The van der Waals surface area contributed by atoms with E-state index < -0.39 is 11.1 Å². The van der Waals surface area contributed by atoms with Gasteiger partial charge in [-0.1, -0.05) is 6.92 Å². The third kappa shape index (κ3) is 4.27. The first-order chi connectivity index (χ1) is 3.66. The smallest absolute Gasteiger partial charge is 0.152 e. The second-order valence-corrected chi connectivity index (χ2v) is 2.71. The molecule has 0 bridgehead atoms. The van der Waals surface area contributed by atoms with Crippen LogP contribution in [0.15, 0.2) is 0 Å². The van der Waals surface area contributed by atoms with Gasteiger partial charge >= 0.3 is 0 Å². The summed E-state index contributed by atoms with van der Waals surface area (Å²) in [6.45, 7) is 3.90. The summed E-state index contributed by atoms with van der Waals surface area (Å²) in [6, 6.07) is 0. The van der Waals surface area contributed by atoms with Crippen molar-refractivity contribution in [2.24, 2.45) is 0 Å². The maximum absolute atomic E-state index is 10.3. The monoisotopic (exact) mass is 136 g/mol. The molecule has 0 amide bonds. The van der Waals surface area contributed by atoms with Gasteiger partial charge < -0.3 is 0 Å². The molecule has 0 saturated carbocycles. The molecule has 0 aliphatic carbocycles. The van der Waals surface area contributed by atoms with Gasteiger partial charge in [0.05, 0.1) is 6.10 Å². The SMILES string of the molecule is CCC(C)OS(C)=O. The van der Waals surface area contributed by atoms with E-state index in [1.165, 1.54) is 6.26 Å². The second kappa shape index (κ2) is 4.04. The van der Waals surface area contributed by atoms with Gasteiger partial charge in [0.2, 0.25) is 0 Å². The zero-order valence-corrected chi connectivity index (χ0v) is 6.33. The molecule has 0 aromatic rings. The Kier molecular flexibility index (Phi) is 4.09. The number of hydrogen-bond acceptors (Lipinski definition) is 2. The molecule has 0 radical (unpaired) electrons. The molecule has 0 aliphatic heterocycles. The van der Waals surface area contributed by atoms with E-state index in [0.29, 0.717) is 0 Å². The average molecular weight is 136 g/mol. The molecule has 0 rings (SSSR count). The highest BCUT2D eigenvalue weighted by Crippen LogP contribution is 1.96. The van der Waals surface area contributed by atoms with Crippen LogP contribution in [0.25, 0.3) is 0 Å². The van der Waals surface area contributed by atoms with Gasteiger partial charge in [0.15, 0.2) is 11.1 Å². The van der Waals surface area contributed by atoms with Gasteiger partial charge in [0.25, 0.3) is 0 Å². The minimum absolute atomic E-state index is 0.126. The van der Waals surface area contributed by atoms with Gasteiger partial charge in [-0.2, -0.15) is 0 Å². The zero-order chi connectivity index (χ0) is 6.57. The summed E-state index contributed by atoms with van der Waals surface area (Å²) in [5, 5.41) is 0. The second-order valence-electron chi connectivity index (χ2n) is 1.72. The lowest BCUT2D eigenvalue weighted by Gasteiger charge is -2.04. The van der Waals surface area contributed by atoms with Gasteiger partial charge in [-0.15, -0.1) is 0 Å². The third-order valence-electron chi connectivity index (χ3n) is 0.875. The molecule has 50 valence electrons. The highest BCUT2D eigenvalue weighted by atomic mass is 32.2. The summed E-state index contributed by atoms with van der Waals surface area (Å²) in [5.41, 5.74) is 0. The van der Waals surface area contributed by atoms with Crippen LogP contribution in [0, 0.1) is 0 Å². The lowest BCUT2D eigenvalue weighted by atomic mass is 10.3. The molecule has 0 N–H and O–H groups in total. The highest BCUT2D eigenvalue weighted by Gasteiger charge is 1.98. The third-order valence-corrected chi connectivity index (χ3v) is 1.47. The Hall–Kier alpha value is 0.110. The van der Waals surface area contributed by atoms with Crippen molar-refractivity contribution in [1.82, 2.24) is 0 Å². The first-order valence-corrected chi connectivity index (χ1v) is 4.15. The first kappa shape index (κ1) is 8.11. The minimum Gasteiger partial charge on any atom is -0.288 e. The Morgan fingerprint density at radius 2 is 2.25 bits per heavy atom. The maximum Gasteiger partial charge on any atom is 0.152 e. The molecule has 0 saturated heterocycles. The van der Waals surface area contributed by atoms with Crippen molar-refractivity contribution >= 4 is 11.1 Å². The Morgan fingerprint density at radius 1 is 1.75 bits per heavy atom. The summed E-state index contributed by atoms with van der Waals surface area (Å²) in [4.78, 5) is 0. The first-order valence-electron chi connectivity index (χ1n) is 2.67. The van der Waals surface area contributed by atoms with Crippen molar-refractivity contribution in [3.8, 4) is 0 Å². The fourth-order valence-corrected chi connectivity index (χ4v) is 0.898. The predicted octanol–water partition coefficient (Wildman–Crippen LogP) is 1.09. The molecule has 2 atom stereocenters. The van der Waals surface area contributed by atoms with E-state index in [1.54, 1.807) is 0 Å². The lowest BCUT2D eigenvalue weighted by Crippen LogP contribution is -2.07. The molecule has 0 spiro atoms. The van der Waals surface area contributed by atoms with Crippen LogP contribution in [-0.2, 0) is 15.3 Å². The van der Waals surface area contributed by atoms with Crippen molar-refractivity contribution in [2.45, 2.75) is 26.4 Å². The van der Waals surface area contributed by atoms with Crippen LogP contribution in [0.4, 0.5) is 0 Å². The number of rotatable bonds is 3. The summed E-state index contributed by atoms with van der Waals surface area (Å²) in [5.74, 6) is 0. The van der Waals surface area contributed by atoms with Crippen LogP contribution < -0.4 is 0 Å². The van der Waals surface area contributed by atoms with E-state index in [9.17, 15) is 4.21 Å². The summed E-state index contributed by atoms with van der Waals surface area (Å²) < 4.78 is 15.2. The molecule has 3 heteroatoms. The van der Waals surface area contributed by atoms with Gasteiger partial charge in [-0.05, 0) is 13.3 Å². The minimum atomic E-state index is -1.10. The zero-order valence-electron chi connectivity index (χ0n) is 5.51. The molecule has 0 aliphatic rings. The number of hydrogen-bond donors (Lipinski definition) is 0. The van der Waals surface area contributed by atoms with Gasteiger partial charge in [0, 0.05) is 6.26 Å². The van der Waals surface area contributed by atoms with Crippen LogP contribution in [0.2, 0.25) is 0 Å². The van der Waals surface area contributed by atoms with Crippen LogP contribution in [-0.4, -0.2) is 16.6 Å². The average Bonchev–Trinajstić information content (AvgIpc) is 1.65. The van der Waals surface area contributed by atoms with Crippen molar-refractivity contribution in [2.75, 3.05) is 6.26 Å². The largest absolute Gasteiger partial charge is 0.288 e. The summed E-state index contributed by atoms with van der Waals surface area (Å²) in [6.07, 6.45) is 2.58. The van der Waals surface area contributed by atoms with E-state index in [2.05, 4.69) is 0 Å². The van der Waals surface area contributed by atoms with Gasteiger partial charge in [-0.3, -0.25) is 4.18 Å². The van der Waals surface area contributed by atoms with E-state index in [4.69, 9.17) is 4.18 Å². The van der Waals surface area contributed by atoms with Gasteiger partial charge in [-0.25, -0.2) is 4.21 Å². The molecular formula is C5H12O2S. The summed E-state index contributed by atoms with van der Waals surface area (Å²) >= 11 is -1.10. The maximum atomic E-state index is 10.3. The van der Waals surface area contributed by atoms with Crippen LogP contribution in [0.1, 0.15) is 20.3 Å². The van der Waals surface area contributed by atoms with Crippen molar-refractivity contribution in [1.29, 1.82) is 0 Å². The van der Waals surface area contributed by atoms with Crippen LogP contribution >= 0.6 is 0 Å². The Labute approximate surface area is 52.9 Å². The fourth-order valence-electron chi connectivity index (χ4n) is 0.299. The predicted molar refractivity (Wildman–Crippen MR) is 34.9 cm³/mol. The molecule has 2 unspecified atom stereocenters. The molecule has 2 nitrogen and oxygen atoms in total. The summed E-state index contributed by atoms with van der Waals surface area (Å²) in [7, 11) is 0. The fraction of sp³-hybridized carbons (Fsp3) is 1.00. The van der Waals surface area contributed by atoms with Crippen LogP contribution in [0.5, 0.6) is 0 Å². The molecular weight excluding hydrogens is 124 g/mol. The van der Waals surface area contributed by atoms with Crippen molar-refractivity contribution < 1.29 is 8.39 Å². The van der Waals surface area contributed by atoms with E-state index in [-0.39, 0.29) is 6.10 Å². The Balaban J connectivity index is 3.24. The quantitative estimate of drug-likeness (QED) is 0.580. The Morgan fingerprint density at radius 3 is 2.38 bits per heavy atom. The van der Waals surface area contributed by atoms with Crippen molar-refractivity contribution in [3.05, 3.63) is 0 Å². The van der Waals surface area contributed by atoms with E-state index in [0.717, 1.165) is 6.42 Å². The molecule has 0 aromatic carbocycles. The van der Waals surface area contributed by atoms with E-state index in [1.807, 2.05) is 13.8 Å².